The van der Waals surface area contributed by atoms with Crippen LogP contribution in [0.15, 0.2) is 35.3 Å². The van der Waals surface area contributed by atoms with Crippen molar-refractivity contribution in [2.75, 3.05) is 0 Å². The van der Waals surface area contributed by atoms with Crippen LogP contribution in [0.1, 0.15) is 18.5 Å². The van der Waals surface area contributed by atoms with Gasteiger partial charge in [0.1, 0.15) is 12.4 Å². The molecule has 0 spiro atoms. The number of aromatic nitrogens is 4. The molecule has 0 aliphatic heterocycles. The third-order valence-corrected chi connectivity index (χ3v) is 3.52. The van der Waals surface area contributed by atoms with Gasteiger partial charge >= 0.3 is 5.69 Å². The topological polar surface area (TPSA) is 81.3 Å². The highest BCUT2D eigenvalue weighted by molar-refractivity contribution is 5.76. The third kappa shape index (κ3) is 3.37. The van der Waals surface area contributed by atoms with Crippen molar-refractivity contribution in [2.45, 2.75) is 19.5 Å². The van der Waals surface area contributed by atoms with E-state index < -0.39 is 41.6 Å². The van der Waals surface area contributed by atoms with Crippen LogP contribution in [0.5, 0.6) is 0 Å². The van der Waals surface area contributed by atoms with Gasteiger partial charge in [-0.2, -0.15) is 9.61 Å². The Morgan fingerprint density at radius 3 is 2.72 bits per heavy atom. The number of carbonyl (C=O) groups excluding carboxylic acids is 1. The van der Waals surface area contributed by atoms with Gasteiger partial charge in [0, 0.05) is 6.07 Å². The molecule has 0 fully saturated rings. The van der Waals surface area contributed by atoms with Crippen molar-refractivity contribution in [2.24, 2.45) is 0 Å². The number of nitrogens with one attached hydrogen (secondary N) is 1. The lowest BCUT2D eigenvalue weighted by molar-refractivity contribution is -0.122. The fourth-order valence-electron chi connectivity index (χ4n) is 2.28. The molecule has 2 heterocycles. The van der Waals surface area contributed by atoms with E-state index in [4.69, 9.17) is 0 Å². The van der Waals surface area contributed by atoms with Crippen molar-refractivity contribution >= 4 is 11.6 Å². The number of nitrogens with zero attached hydrogens (tertiary/aromatic N) is 4. The van der Waals surface area contributed by atoms with Gasteiger partial charge in [-0.15, -0.1) is 5.10 Å². The van der Waals surface area contributed by atoms with E-state index in [2.05, 4.69) is 15.5 Å². The van der Waals surface area contributed by atoms with E-state index >= 15 is 0 Å². The number of fused-ring (bicyclic) bond motifs is 1. The second kappa shape index (κ2) is 6.38. The Labute approximate surface area is 138 Å². The van der Waals surface area contributed by atoms with Crippen LogP contribution in [0.4, 0.5) is 13.2 Å². The van der Waals surface area contributed by atoms with Gasteiger partial charge in [0.25, 0.3) is 0 Å². The quantitative estimate of drug-likeness (QED) is 0.766. The Balaban J connectivity index is 1.75. The van der Waals surface area contributed by atoms with Crippen LogP contribution in [0.25, 0.3) is 5.65 Å². The lowest BCUT2D eigenvalue weighted by Gasteiger charge is -2.14. The molecule has 1 N–H and O–H groups in total. The zero-order valence-corrected chi connectivity index (χ0v) is 12.9. The van der Waals surface area contributed by atoms with Crippen molar-refractivity contribution in [1.82, 2.24) is 24.7 Å². The highest BCUT2D eigenvalue weighted by Gasteiger charge is 2.15. The fraction of sp³-hybridized carbons (Fsp3) is 0.200. The molecule has 10 heteroatoms. The van der Waals surface area contributed by atoms with Crippen LogP contribution in [0, 0.1) is 17.5 Å². The summed E-state index contributed by atoms with van der Waals surface area (Å²) >= 11 is 0. The van der Waals surface area contributed by atoms with Gasteiger partial charge in [0.05, 0.1) is 12.2 Å². The maximum Gasteiger partial charge on any atom is 0.367 e. The fourth-order valence-corrected chi connectivity index (χ4v) is 2.28. The van der Waals surface area contributed by atoms with Crippen LogP contribution in [0.3, 0.4) is 0 Å². The molecule has 0 aliphatic rings. The molecule has 0 unspecified atom stereocenters. The van der Waals surface area contributed by atoms with E-state index in [9.17, 15) is 22.8 Å². The van der Waals surface area contributed by atoms with E-state index in [1.54, 1.807) is 6.92 Å². The smallest absolute Gasteiger partial charge is 0.348 e. The van der Waals surface area contributed by atoms with Gasteiger partial charge in [-0.3, -0.25) is 4.79 Å². The molecule has 3 aromatic rings. The van der Waals surface area contributed by atoms with Gasteiger partial charge in [0.15, 0.2) is 17.3 Å². The summed E-state index contributed by atoms with van der Waals surface area (Å²) in [6.07, 6.45) is 0.853. The van der Waals surface area contributed by atoms with Crippen molar-refractivity contribution in [3.8, 4) is 0 Å². The zero-order chi connectivity index (χ0) is 18.1. The summed E-state index contributed by atoms with van der Waals surface area (Å²) in [6.45, 7) is 1.14. The lowest BCUT2D eigenvalue weighted by atomic mass is 10.1. The Kier molecular flexibility index (Phi) is 4.26. The minimum atomic E-state index is -1.02. The molecular formula is C15H12F3N5O2. The van der Waals surface area contributed by atoms with E-state index in [1.165, 1.54) is 6.07 Å². The van der Waals surface area contributed by atoms with E-state index in [0.717, 1.165) is 33.6 Å². The van der Waals surface area contributed by atoms with E-state index in [1.807, 2.05) is 0 Å². The number of benzene rings is 1. The molecule has 130 valence electrons. The molecule has 0 aliphatic carbocycles. The van der Waals surface area contributed by atoms with Gasteiger partial charge in [-0.25, -0.2) is 22.6 Å². The van der Waals surface area contributed by atoms with Gasteiger partial charge in [-0.05, 0) is 24.6 Å². The molecule has 0 bridgehead atoms. The second-order valence-electron chi connectivity index (χ2n) is 5.35. The first-order valence-corrected chi connectivity index (χ1v) is 7.21. The summed E-state index contributed by atoms with van der Waals surface area (Å²) in [5, 5.41) is 9.93. The Morgan fingerprint density at radius 2 is 2.00 bits per heavy atom. The molecule has 25 heavy (non-hydrogen) atoms. The van der Waals surface area contributed by atoms with Gasteiger partial charge < -0.3 is 5.32 Å². The highest BCUT2D eigenvalue weighted by atomic mass is 19.2. The molecule has 0 saturated carbocycles. The average molecular weight is 351 g/mol. The van der Waals surface area contributed by atoms with Crippen molar-refractivity contribution < 1.29 is 18.0 Å². The molecule has 0 saturated heterocycles. The molecule has 7 nitrogen and oxygen atoms in total. The molecule has 2 aromatic heterocycles. The van der Waals surface area contributed by atoms with Crippen LogP contribution < -0.4 is 11.0 Å². The summed E-state index contributed by atoms with van der Waals surface area (Å²) in [5.41, 5.74) is -0.379. The van der Waals surface area contributed by atoms with Gasteiger partial charge in [-0.1, -0.05) is 6.07 Å². The van der Waals surface area contributed by atoms with Gasteiger partial charge in [0.2, 0.25) is 5.91 Å². The summed E-state index contributed by atoms with van der Waals surface area (Å²) in [6, 6.07) is 3.66. The van der Waals surface area contributed by atoms with Crippen LogP contribution >= 0.6 is 0 Å². The average Bonchev–Trinajstić information content (AvgIpc) is 2.85. The minimum absolute atomic E-state index is 0.0357. The Hall–Kier alpha value is -3.17. The van der Waals surface area contributed by atoms with Crippen LogP contribution in [-0.2, 0) is 11.3 Å². The summed E-state index contributed by atoms with van der Waals surface area (Å²) in [7, 11) is 0. The maximum atomic E-state index is 13.2. The predicted molar refractivity (Wildman–Crippen MR) is 80.1 cm³/mol. The second-order valence-corrected chi connectivity index (χ2v) is 5.35. The largest absolute Gasteiger partial charge is 0.367 e. The monoisotopic (exact) mass is 351 g/mol. The first-order valence-electron chi connectivity index (χ1n) is 7.21. The van der Waals surface area contributed by atoms with E-state index in [-0.39, 0.29) is 5.65 Å². The predicted octanol–water partition coefficient (Wildman–Crippen LogP) is 1.19. The molecule has 0 radical (unpaired) electrons. The first kappa shape index (κ1) is 16.7. The van der Waals surface area contributed by atoms with Crippen LogP contribution in [-0.4, -0.2) is 25.3 Å². The highest BCUT2D eigenvalue weighted by Crippen LogP contribution is 2.15. The van der Waals surface area contributed by atoms with E-state index in [0.29, 0.717) is 5.56 Å². The Bertz CT molecular complexity index is 1010. The van der Waals surface area contributed by atoms with Crippen LogP contribution in [0.2, 0.25) is 0 Å². The number of carbonyl (C=O) groups is 1. The summed E-state index contributed by atoms with van der Waals surface area (Å²) < 4.78 is 41.0. The number of hydrogen-bond acceptors (Lipinski definition) is 4. The number of rotatable bonds is 4. The third-order valence-electron chi connectivity index (χ3n) is 3.52. The van der Waals surface area contributed by atoms with Crippen molar-refractivity contribution in [3.63, 3.8) is 0 Å². The molecular weight excluding hydrogens is 339 g/mol. The minimum Gasteiger partial charge on any atom is -0.348 e. The Morgan fingerprint density at radius 1 is 1.24 bits per heavy atom. The SMILES string of the molecule is C[C@H](NC(=O)Cn1nc2cc(F)cnn2c1=O)c1ccc(F)c(F)c1. The summed E-state index contributed by atoms with van der Waals surface area (Å²) in [4.78, 5) is 24.1. The van der Waals surface area contributed by atoms with Crippen molar-refractivity contribution in [3.05, 3.63) is 64.0 Å². The zero-order valence-electron chi connectivity index (χ0n) is 12.9. The maximum absolute atomic E-state index is 13.2. The first-order chi connectivity index (χ1) is 11.8. The lowest BCUT2D eigenvalue weighted by Crippen LogP contribution is -2.34. The molecule has 1 amide bonds. The van der Waals surface area contributed by atoms with Crippen molar-refractivity contribution in [1.29, 1.82) is 0 Å². The molecule has 1 aromatic carbocycles. The standard InChI is InChI=1S/C15H12F3N5O2/c1-8(9-2-3-11(17)12(18)4-9)20-14(24)7-22-15(25)23-13(21-22)5-10(16)6-19-23/h2-6,8H,7H2,1H3,(H,20,24)/t8-/m0/s1. The molecule has 3 rings (SSSR count). The molecule has 1 atom stereocenters. The number of halogens is 3. The number of amides is 1. The summed E-state index contributed by atoms with van der Waals surface area (Å²) in [5.74, 6) is -3.26. The number of hydrogen-bond donors (Lipinski definition) is 1. The normalized spacial score (nSPS) is 12.3.